The minimum absolute atomic E-state index is 0. The van der Waals surface area contributed by atoms with Gasteiger partial charge < -0.3 is 21.9 Å². The van der Waals surface area contributed by atoms with E-state index in [1.54, 1.807) is 0 Å². The van der Waals surface area contributed by atoms with Crippen LogP contribution in [0.15, 0.2) is 18.2 Å². The molecule has 0 saturated carbocycles. The monoisotopic (exact) mass is 757 g/mol. The van der Waals surface area contributed by atoms with E-state index in [-0.39, 0.29) is 108 Å². The number of piperidine rings is 2. The van der Waals surface area contributed by atoms with Crippen molar-refractivity contribution in [2.75, 3.05) is 36.4 Å². The Bertz CT molecular complexity index is 977. The molecule has 0 aromatic heterocycles. The first-order valence-corrected chi connectivity index (χ1v) is 14.8. The van der Waals surface area contributed by atoms with Crippen molar-refractivity contribution in [3.05, 3.63) is 36.8 Å². The molecule has 2 unspecified atom stereocenters. The Kier molecular flexibility index (Phi) is 21.7. The van der Waals surface area contributed by atoms with E-state index in [1.165, 1.54) is 11.1 Å². The zero-order chi connectivity index (χ0) is 28.5. The van der Waals surface area contributed by atoms with Crippen LogP contribution in [0.25, 0.3) is 0 Å². The van der Waals surface area contributed by atoms with Crippen LogP contribution < -0.4 is 79.1 Å². The predicted molar refractivity (Wildman–Crippen MR) is 167 cm³/mol. The number of aldehydes is 1. The second-order valence-electron chi connectivity index (χ2n) is 10.8. The van der Waals surface area contributed by atoms with Crippen LogP contribution in [0.1, 0.15) is 97.6 Å². The number of likely N-dealkylation sites (tertiary alicyclic amines) is 1. The summed E-state index contributed by atoms with van der Waals surface area (Å²) >= 11 is 2.88. The summed E-state index contributed by atoms with van der Waals surface area (Å²) in [6.07, 6.45) is 3.77. The van der Waals surface area contributed by atoms with Crippen LogP contribution in [0.3, 0.4) is 0 Å². The fourth-order valence-corrected chi connectivity index (χ4v) is 5.43. The van der Waals surface area contributed by atoms with Gasteiger partial charge in [-0.1, -0.05) is 56.3 Å². The van der Waals surface area contributed by atoms with Gasteiger partial charge in [0.1, 0.15) is 17.9 Å². The van der Waals surface area contributed by atoms with Gasteiger partial charge in [0.15, 0.2) is 0 Å². The number of amides is 2. The molecule has 2 fully saturated rings. The largest absolute Gasteiger partial charge is 1.00 e. The van der Waals surface area contributed by atoms with Gasteiger partial charge >= 0.3 is 74.9 Å². The summed E-state index contributed by atoms with van der Waals surface area (Å²) in [5.74, 6) is 0.272. The second-order valence-corrected chi connectivity index (χ2v) is 11.4. The second kappa shape index (κ2) is 20.7. The van der Waals surface area contributed by atoms with E-state index < -0.39 is 5.60 Å². The van der Waals surface area contributed by atoms with E-state index in [4.69, 9.17) is 9.53 Å². The molecule has 3 aliphatic rings. The molecule has 8 nitrogen and oxygen atoms in total. The zero-order valence-corrected chi connectivity index (χ0v) is 33.6. The Hall–Kier alpha value is -0.208. The standard InChI is InChI=1S/C25H35N3O4.C2H3BrO.C2H6.CH4.CH3.Cs/c1-16-14-28(20-8-9-21(29)26-24(20)31)19-7-5-6-18(23(16)19)17-10-12-27(13-11-17)15-22(30)32-25(2,3)4;3-1-2-4;1-2;;;/h5-7,16-17,20H,8-15H2,1-4H3,(H,26,29,31);2H,1H2;1-2H3;1H4;1H3;/q;;;;-1;+1. The molecule has 4 rings (SSSR count). The first kappa shape index (κ1) is 42.9. The van der Waals surface area contributed by atoms with Crippen molar-refractivity contribution >= 4 is 45.7 Å². The summed E-state index contributed by atoms with van der Waals surface area (Å²) in [7, 11) is 0. The first-order valence-electron chi connectivity index (χ1n) is 13.7. The molecule has 0 aliphatic carbocycles. The number of ether oxygens (including phenoxy) is 1. The van der Waals surface area contributed by atoms with Gasteiger partial charge in [0.25, 0.3) is 0 Å². The number of halogens is 1. The third-order valence-corrected chi connectivity index (χ3v) is 7.10. The average molecular weight is 759 g/mol. The van der Waals surface area contributed by atoms with Gasteiger partial charge in [-0.3, -0.25) is 24.6 Å². The van der Waals surface area contributed by atoms with E-state index in [9.17, 15) is 14.4 Å². The molecule has 2 amide bonds. The number of hydrogen-bond donors (Lipinski definition) is 1. The van der Waals surface area contributed by atoms with Crippen LogP contribution >= 0.6 is 15.9 Å². The number of imide groups is 1. The molecule has 228 valence electrons. The van der Waals surface area contributed by atoms with Crippen LogP contribution in [-0.4, -0.2) is 72.1 Å². The maximum Gasteiger partial charge on any atom is 1.00 e. The van der Waals surface area contributed by atoms with Gasteiger partial charge in [0, 0.05) is 24.6 Å². The molecule has 2 saturated heterocycles. The summed E-state index contributed by atoms with van der Waals surface area (Å²) in [5, 5.41) is 2.95. The van der Waals surface area contributed by atoms with Gasteiger partial charge in [0.05, 0.1) is 11.9 Å². The minimum atomic E-state index is -0.454. The van der Waals surface area contributed by atoms with Crippen molar-refractivity contribution in [2.45, 2.75) is 98.1 Å². The molecule has 3 heterocycles. The Labute approximate surface area is 316 Å². The van der Waals surface area contributed by atoms with Crippen LogP contribution in [0, 0.1) is 7.43 Å². The van der Waals surface area contributed by atoms with E-state index >= 15 is 0 Å². The van der Waals surface area contributed by atoms with Crippen molar-refractivity contribution in [3.8, 4) is 0 Å². The number of hydrogen-bond acceptors (Lipinski definition) is 7. The third kappa shape index (κ3) is 12.7. The van der Waals surface area contributed by atoms with Gasteiger partial charge in [-0.05, 0) is 76.2 Å². The molecule has 0 bridgehead atoms. The third-order valence-electron chi connectivity index (χ3n) is 6.84. The topological polar surface area (TPSA) is 96.0 Å². The van der Waals surface area contributed by atoms with E-state index in [0.717, 1.165) is 44.4 Å². The number of carbonyl (C=O) groups excluding carboxylic acids is 4. The average Bonchev–Trinajstić information content (AvgIpc) is 3.21. The first-order chi connectivity index (χ1) is 18.0. The van der Waals surface area contributed by atoms with Gasteiger partial charge in [-0.2, -0.15) is 0 Å². The van der Waals surface area contributed by atoms with Gasteiger partial charge in [-0.25, -0.2) is 0 Å². The molecule has 0 radical (unpaired) electrons. The molecule has 1 aromatic rings. The number of fused-ring (bicyclic) bond motifs is 1. The number of carbonyl (C=O) groups is 4. The number of nitrogens with zero attached hydrogens (tertiary/aromatic N) is 2. The summed E-state index contributed by atoms with van der Waals surface area (Å²) in [6, 6.07) is 6.17. The van der Waals surface area contributed by atoms with Crippen LogP contribution in [0.2, 0.25) is 0 Å². The molecule has 41 heavy (non-hydrogen) atoms. The molecule has 0 spiro atoms. The Morgan fingerprint density at radius 3 is 2.24 bits per heavy atom. The van der Waals surface area contributed by atoms with Gasteiger partial charge in [0.2, 0.25) is 11.8 Å². The maximum absolute atomic E-state index is 12.5. The summed E-state index contributed by atoms with van der Waals surface area (Å²) in [4.78, 5) is 49.8. The van der Waals surface area contributed by atoms with Crippen molar-refractivity contribution in [2.24, 2.45) is 0 Å². The fourth-order valence-electron chi connectivity index (χ4n) is 5.43. The summed E-state index contributed by atoms with van der Waals surface area (Å²) in [6.45, 7) is 14.8. The molecular formula is C31H51BrCsN3O5. The Balaban J connectivity index is 0. The number of alkyl halides is 1. The molecule has 3 aliphatic heterocycles. The van der Waals surface area contributed by atoms with E-state index in [2.05, 4.69) is 56.2 Å². The van der Waals surface area contributed by atoms with Crippen LogP contribution in [-0.2, 0) is 23.9 Å². The van der Waals surface area contributed by atoms with Crippen molar-refractivity contribution in [1.29, 1.82) is 0 Å². The van der Waals surface area contributed by atoms with Gasteiger partial charge in [-0.15, -0.1) is 0 Å². The molecule has 1 aromatic carbocycles. The minimum Gasteiger partial charge on any atom is -0.459 e. The maximum atomic E-state index is 12.5. The molecule has 10 heteroatoms. The number of anilines is 1. The normalized spacial score (nSPS) is 20.2. The van der Waals surface area contributed by atoms with Crippen LogP contribution in [0.4, 0.5) is 5.69 Å². The molecule has 2 atom stereocenters. The predicted octanol–water partition coefficient (Wildman–Crippen LogP) is 2.63. The Morgan fingerprint density at radius 2 is 1.73 bits per heavy atom. The van der Waals surface area contributed by atoms with E-state index in [0.29, 0.717) is 36.6 Å². The quantitative estimate of drug-likeness (QED) is 0.162. The van der Waals surface area contributed by atoms with E-state index in [1.807, 2.05) is 34.6 Å². The summed E-state index contributed by atoms with van der Waals surface area (Å²) in [5.41, 5.74) is 3.41. The number of benzene rings is 1. The number of esters is 1. The SMILES string of the molecule is C.CC.CC1CN(C2CCC(=O)NC2=O)c2cccc(C3CCN(CC(=O)OC(C)(C)C)CC3)c21.O=CCBr.[CH3-].[Cs+]. The number of rotatable bonds is 5. The number of nitrogens with one attached hydrogen (secondary N) is 1. The van der Waals surface area contributed by atoms with Crippen LogP contribution in [0.5, 0.6) is 0 Å². The summed E-state index contributed by atoms with van der Waals surface area (Å²) < 4.78 is 5.47. The fraction of sp³-hybridized carbons (Fsp3) is 0.645. The van der Waals surface area contributed by atoms with Crippen molar-refractivity contribution in [1.82, 2.24) is 10.2 Å². The molecule has 1 N–H and O–H groups in total. The van der Waals surface area contributed by atoms with Crippen molar-refractivity contribution in [3.63, 3.8) is 0 Å². The zero-order valence-electron chi connectivity index (χ0n) is 25.7. The smallest absolute Gasteiger partial charge is 0.459 e. The Morgan fingerprint density at radius 1 is 1.15 bits per heavy atom. The molecular weight excluding hydrogens is 707 g/mol. The van der Waals surface area contributed by atoms with Crippen molar-refractivity contribution < 1.29 is 92.8 Å².